The summed E-state index contributed by atoms with van der Waals surface area (Å²) in [5.74, 6) is 0.151. The van der Waals surface area contributed by atoms with Gasteiger partial charge in [0.25, 0.3) is 11.6 Å². The number of nitro benzene ring substituents is 1. The number of furan rings is 1. The molecule has 0 saturated heterocycles. The van der Waals surface area contributed by atoms with Crippen molar-refractivity contribution in [3.8, 4) is 17.4 Å². The summed E-state index contributed by atoms with van der Waals surface area (Å²) < 4.78 is 5.73. The number of hydrogen-bond acceptors (Lipinski definition) is 5. The highest BCUT2D eigenvalue weighted by molar-refractivity contribution is 6.09. The molecule has 0 aliphatic heterocycles. The first kappa shape index (κ1) is 20.6. The number of nitrogens with one attached hydrogen (secondary N) is 1. The van der Waals surface area contributed by atoms with Crippen LogP contribution in [0.1, 0.15) is 22.5 Å². The van der Waals surface area contributed by atoms with Gasteiger partial charge in [-0.3, -0.25) is 14.9 Å². The minimum Gasteiger partial charge on any atom is -0.457 e. The van der Waals surface area contributed by atoms with E-state index >= 15 is 0 Å². The van der Waals surface area contributed by atoms with E-state index in [1.54, 1.807) is 44.2 Å². The van der Waals surface area contributed by atoms with Crippen molar-refractivity contribution in [2.45, 2.75) is 20.8 Å². The number of hydrogen-bond donors (Lipinski definition) is 1. The second-order valence-electron chi connectivity index (χ2n) is 6.84. The van der Waals surface area contributed by atoms with Crippen molar-refractivity contribution < 1.29 is 14.1 Å². The molecular weight excluding hydrogens is 382 g/mol. The number of benzene rings is 2. The van der Waals surface area contributed by atoms with Gasteiger partial charge in [0.05, 0.1) is 4.92 Å². The third kappa shape index (κ3) is 4.28. The van der Waals surface area contributed by atoms with Gasteiger partial charge in [-0.05, 0) is 56.2 Å². The molecule has 1 N–H and O–H groups in total. The first-order chi connectivity index (χ1) is 14.3. The van der Waals surface area contributed by atoms with Crippen LogP contribution in [0.3, 0.4) is 0 Å². The highest BCUT2D eigenvalue weighted by atomic mass is 16.6. The Balaban J connectivity index is 1.89. The fourth-order valence-corrected chi connectivity index (χ4v) is 2.95. The van der Waals surface area contributed by atoms with Gasteiger partial charge in [0.1, 0.15) is 23.2 Å². The molecule has 0 saturated carbocycles. The van der Waals surface area contributed by atoms with Crippen LogP contribution in [0.15, 0.2) is 58.5 Å². The third-order valence-corrected chi connectivity index (χ3v) is 4.79. The van der Waals surface area contributed by atoms with Gasteiger partial charge in [-0.1, -0.05) is 18.2 Å². The van der Waals surface area contributed by atoms with E-state index in [2.05, 4.69) is 5.32 Å². The standard InChI is InChI=1S/C23H19N3O4/c1-14-6-4-5-7-20(14)25-23(27)18(13-24)11-19-8-9-22(30-19)17-10-15(2)16(3)21(12-17)26(28)29/h4-12H,1-3H3,(H,25,27)/b18-11-. The Morgan fingerprint density at radius 2 is 1.87 bits per heavy atom. The number of carbonyl (C=O) groups excluding carboxylic acids is 1. The van der Waals surface area contributed by atoms with Gasteiger partial charge in [0.2, 0.25) is 0 Å². The van der Waals surface area contributed by atoms with E-state index in [0.29, 0.717) is 28.3 Å². The molecule has 0 spiro atoms. The highest BCUT2D eigenvalue weighted by Crippen LogP contribution is 2.31. The molecular formula is C23H19N3O4. The monoisotopic (exact) mass is 401 g/mol. The average molecular weight is 401 g/mol. The highest BCUT2D eigenvalue weighted by Gasteiger charge is 2.17. The zero-order valence-corrected chi connectivity index (χ0v) is 16.7. The average Bonchev–Trinajstić information content (AvgIpc) is 3.18. The predicted octanol–water partition coefficient (Wildman–Crippen LogP) is 5.33. The summed E-state index contributed by atoms with van der Waals surface area (Å²) in [5.41, 5.74) is 3.29. The smallest absolute Gasteiger partial charge is 0.273 e. The number of para-hydroxylation sites is 1. The molecule has 0 radical (unpaired) electrons. The molecule has 2 aromatic carbocycles. The minimum atomic E-state index is -0.549. The normalized spacial score (nSPS) is 11.1. The quantitative estimate of drug-likeness (QED) is 0.269. The van der Waals surface area contributed by atoms with Crippen molar-refractivity contribution in [3.05, 3.63) is 86.7 Å². The van der Waals surface area contributed by atoms with Crippen LogP contribution < -0.4 is 5.32 Å². The lowest BCUT2D eigenvalue weighted by Gasteiger charge is -2.07. The summed E-state index contributed by atoms with van der Waals surface area (Å²) in [5, 5.41) is 23.4. The van der Waals surface area contributed by atoms with Crippen LogP contribution >= 0.6 is 0 Å². The van der Waals surface area contributed by atoms with Crippen LogP contribution in [-0.4, -0.2) is 10.8 Å². The molecule has 0 bridgehead atoms. The number of carbonyl (C=O) groups is 1. The summed E-state index contributed by atoms with van der Waals surface area (Å²) in [4.78, 5) is 23.3. The minimum absolute atomic E-state index is 0.00816. The molecule has 0 atom stereocenters. The molecule has 7 nitrogen and oxygen atoms in total. The van der Waals surface area contributed by atoms with E-state index in [0.717, 1.165) is 11.1 Å². The van der Waals surface area contributed by atoms with E-state index in [-0.39, 0.29) is 11.3 Å². The Kier molecular flexibility index (Phi) is 5.79. The van der Waals surface area contributed by atoms with E-state index < -0.39 is 10.8 Å². The molecule has 3 rings (SSSR count). The molecule has 0 aliphatic carbocycles. The first-order valence-corrected chi connectivity index (χ1v) is 9.14. The van der Waals surface area contributed by atoms with E-state index in [1.165, 1.54) is 12.1 Å². The van der Waals surface area contributed by atoms with Crippen LogP contribution in [0.25, 0.3) is 17.4 Å². The van der Waals surface area contributed by atoms with Gasteiger partial charge in [-0.2, -0.15) is 5.26 Å². The molecule has 0 aliphatic rings. The topological polar surface area (TPSA) is 109 Å². The molecule has 150 valence electrons. The van der Waals surface area contributed by atoms with Crippen LogP contribution in [0, 0.1) is 42.2 Å². The number of nitriles is 1. The lowest BCUT2D eigenvalue weighted by Crippen LogP contribution is -2.14. The van der Waals surface area contributed by atoms with Gasteiger partial charge in [0, 0.05) is 29.0 Å². The lowest BCUT2D eigenvalue weighted by molar-refractivity contribution is -0.385. The molecule has 3 aromatic rings. The maximum absolute atomic E-state index is 12.5. The van der Waals surface area contributed by atoms with Crippen LogP contribution in [0.4, 0.5) is 11.4 Å². The zero-order chi connectivity index (χ0) is 21.8. The van der Waals surface area contributed by atoms with Gasteiger partial charge in [0.15, 0.2) is 0 Å². The van der Waals surface area contributed by atoms with E-state index in [9.17, 15) is 20.2 Å². The van der Waals surface area contributed by atoms with Gasteiger partial charge >= 0.3 is 0 Å². The largest absolute Gasteiger partial charge is 0.457 e. The van der Waals surface area contributed by atoms with E-state index in [1.807, 2.05) is 25.1 Å². The number of rotatable bonds is 5. The number of amides is 1. The zero-order valence-electron chi connectivity index (χ0n) is 16.7. The van der Waals surface area contributed by atoms with Crippen molar-refractivity contribution in [3.63, 3.8) is 0 Å². The molecule has 1 amide bonds. The van der Waals surface area contributed by atoms with Crippen LogP contribution in [0.2, 0.25) is 0 Å². The lowest BCUT2D eigenvalue weighted by atomic mass is 10.0. The first-order valence-electron chi connectivity index (χ1n) is 9.14. The molecule has 1 aromatic heterocycles. The van der Waals surface area contributed by atoms with Crippen molar-refractivity contribution in [1.82, 2.24) is 0 Å². The summed E-state index contributed by atoms with van der Waals surface area (Å²) >= 11 is 0. The van der Waals surface area contributed by atoms with Crippen LogP contribution in [-0.2, 0) is 4.79 Å². The summed E-state index contributed by atoms with van der Waals surface area (Å²) in [6.45, 7) is 5.34. The maximum Gasteiger partial charge on any atom is 0.273 e. The molecule has 30 heavy (non-hydrogen) atoms. The fraction of sp³-hybridized carbons (Fsp3) is 0.130. The van der Waals surface area contributed by atoms with Crippen molar-refractivity contribution in [2.24, 2.45) is 0 Å². The Hall–Kier alpha value is -4.18. The number of aryl methyl sites for hydroxylation is 2. The Labute approximate surface area is 173 Å². The Morgan fingerprint density at radius 1 is 1.13 bits per heavy atom. The summed E-state index contributed by atoms with van der Waals surface area (Å²) in [7, 11) is 0. The predicted molar refractivity (Wildman–Crippen MR) is 114 cm³/mol. The second-order valence-corrected chi connectivity index (χ2v) is 6.84. The van der Waals surface area contributed by atoms with Crippen molar-refractivity contribution in [1.29, 1.82) is 5.26 Å². The van der Waals surface area contributed by atoms with E-state index in [4.69, 9.17) is 4.42 Å². The van der Waals surface area contributed by atoms with Gasteiger partial charge < -0.3 is 9.73 Å². The van der Waals surface area contributed by atoms with Gasteiger partial charge in [-0.15, -0.1) is 0 Å². The summed E-state index contributed by atoms with van der Waals surface area (Å²) in [6.07, 6.45) is 1.34. The number of nitrogens with zero attached hydrogens (tertiary/aromatic N) is 2. The Morgan fingerprint density at radius 3 is 2.53 bits per heavy atom. The van der Waals surface area contributed by atoms with Crippen LogP contribution in [0.5, 0.6) is 0 Å². The maximum atomic E-state index is 12.5. The third-order valence-electron chi connectivity index (χ3n) is 4.79. The Bertz CT molecular complexity index is 1220. The molecule has 7 heteroatoms. The van der Waals surface area contributed by atoms with Crippen molar-refractivity contribution >= 4 is 23.4 Å². The SMILES string of the molecule is Cc1ccccc1NC(=O)/C(C#N)=C\c1ccc(-c2cc(C)c(C)c([N+](=O)[O-])c2)o1. The molecule has 0 fully saturated rings. The number of anilines is 1. The molecule has 0 unspecified atom stereocenters. The van der Waals surface area contributed by atoms with Gasteiger partial charge in [-0.25, -0.2) is 0 Å². The second kappa shape index (κ2) is 8.45. The fourth-order valence-electron chi connectivity index (χ4n) is 2.95. The summed E-state index contributed by atoms with van der Waals surface area (Å²) in [6, 6.07) is 15.6. The van der Waals surface area contributed by atoms with Crippen molar-refractivity contribution in [2.75, 3.05) is 5.32 Å². The molecule has 1 heterocycles. The number of nitro groups is 1.